The molecular formula is C16H27ClN4. The highest BCUT2D eigenvalue weighted by Crippen LogP contribution is 2.25. The average Bonchev–Trinajstić information content (AvgIpc) is 2.45. The van der Waals surface area contributed by atoms with Crippen LogP contribution in [0, 0.1) is 0 Å². The Hall–Kier alpha value is -0.840. The fraction of sp³-hybridized carbons (Fsp3) is 0.688. The van der Waals surface area contributed by atoms with E-state index in [9.17, 15) is 0 Å². The number of likely N-dealkylation sites (N-methyl/N-ethyl adjacent to an activating group) is 1. The summed E-state index contributed by atoms with van der Waals surface area (Å²) in [5.41, 5.74) is 1.23. The summed E-state index contributed by atoms with van der Waals surface area (Å²) in [6.45, 7) is 14.8. The molecule has 2 rings (SSSR count). The standard InChI is InChI=1S/C16H27ClN4/c1-5-20-6-8-21(9-7-20)15-14(17)10-13(11-18-15)12-19-16(2,3)4/h10-11,19H,5-9,12H2,1-4H3. The summed E-state index contributed by atoms with van der Waals surface area (Å²) >= 11 is 6.44. The first kappa shape index (κ1) is 16.5. The smallest absolute Gasteiger partial charge is 0.147 e. The minimum atomic E-state index is 0.0988. The Balaban J connectivity index is 1.99. The fourth-order valence-electron chi connectivity index (χ4n) is 2.44. The zero-order valence-corrected chi connectivity index (χ0v) is 14.4. The SMILES string of the molecule is CCN1CCN(c2ncc(CNC(C)(C)C)cc2Cl)CC1. The first-order chi connectivity index (χ1) is 9.89. The second kappa shape index (κ2) is 6.95. The van der Waals surface area contributed by atoms with E-state index in [2.05, 4.69) is 47.8 Å². The molecule has 0 radical (unpaired) electrons. The Bertz CT molecular complexity index is 462. The summed E-state index contributed by atoms with van der Waals surface area (Å²) in [5.74, 6) is 0.923. The Morgan fingerprint density at radius 3 is 2.43 bits per heavy atom. The quantitative estimate of drug-likeness (QED) is 0.926. The molecule has 1 aliphatic heterocycles. The zero-order valence-electron chi connectivity index (χ0n) is 13.6. The molecule has 4 nitrogen and oxygen atoms in total. The van der Waals surface area contributed by atoms with Gasteiger partial charge in [-0.2, -0.15) is 0 Å². The zero-order chi connectivity index (χ0) is 15.5. The van der Waals surface area contributed by atoms with Crippen LogP contribution in [0.1, 0.15) is 33.3 Å². The van der Waals surface area contributed by atoms with Crippen molar-refractivity contribution in [3.63, 3.8) is 0 Å². The molecule has 0 aromatic carbocycles. The molecule has 0 bridgehead atoms. The van der Waals surface area contributed by atoms with Crippen LogP contribution in [0.15, 0.2) is 12.3 Å². The molecule has 1 aliphatic rings. The number of rotatable bonds is 4. The number of anilines is 1. The molecule has 0 spiro atoms. The van der Waals surface area contributed by atoms with Gasteiger partial charge in [-0.15, -0.1) is 0 Å². The van der Waals surface area contributed by atoms with Gasteiger partial charge in [0.05, 0.1) is 5.02 Å². The van der Waals surface area contributed by atoms with Crippen LogP contribution >= 0.6 is 11.6 Å². The summed E-state index contributed by atoms with van der Waals surface area (Å²) in [7, 11) is 0. The monoisotopic (exact) mass is 310 g/mol. The second-order valence-electron chi connectivity index (χ2n) is 6.67. The molecule has 5 heteroatoms. The van der Waals surface area contributed by atoms with Crippen molar-refractivity contribution in [2.75, 3.05) is 37.6 Å². The normalized spacial score (nSPS) is 17.3. The van der Waals surface area contributed by atoms with Crippen LogP contribution in [0.3, 0.4) is 0 Å². The van der Waals surface area contributed by atoms with Gasteiger partial charge in [0.1, 0.15) is 5.82 Å². The van der Waals surface area contributed by atoms with Crippen LogP contribution < -0.4 is 10.2 Å². The van der Waals surface area contributed by atoms with Gasteiger partial charge < -0.3 is 15.1 Å². The van der Waals surface area contributed by atoms with Crippen LogP contribution in [-0.4, -0.2) is 48.1 Å². The summed E-state index contributed by atoms with van der Waals surface area (Å²) in [6, 6.07) is 2.04. The molecule has 0 atom stereocenters. The maximum absolute atomic E-state index is 6.44. The lowest BCUT2D eigenvalue weighted by Crippen LogP contribution is -2.46. The number of pyridine rings is 1. The highest BCUT2D eigenvalue weighted by atomic mass is 35.5. The molecule has 1 fully saturated rings. The van der Waals surface area contributed by atoms with Crippen LogP contribution in [0.5, 0.6) is 0 Å². The van der Waals surface area contributed by atoms with Crippen molar-refractivity contribution in [3.8, 4) is 0 Å². The first-order valence-electron chi connectivity index (χ1n) is 7.76. The van der Waals surface area contributed by atoms with Gasteiger partial charge in [-0.1, -0.05) is 18.5 Å². The molecule has 1 aromatic rings. The molecule has 0 amide bonds. The molecule has 1 aromatic heterocycles. The van der Waals surface area contributed by atoms with Crippen molar-refractivity contribution in [1.29, 1.82) is 0 Å². The van der Waals surface area contributed by atoms with Gasteiger partial charge in [0, 0.05) is 44.5 Å². The minimum Gasteiger partial charge on any atom is -0.353 e. The highest BCUT2D eigenvalue weighted by molar-refractivity contribution is 6.33. The van der Waals surface area contributed by atoms with Crippen LogP contribution in [-0.2, 0) is 6.54 Å². The van der Waals surface area contributed by atoms with Gasteiger partial charge in [-0.05, 0) is 38.9 Å². The Kier molecular flexibility index (Phi) is 5.47. The maximum Gasteiger partial charge on any atom is 0.147 e. The Labute approximate surface area is 133 Å². The summed E-state index contributed by atoms with van der Waals surface area (Å²) in [4.78, 5) is 9.33. The van der Waals surface area contributed by atoms with Gasteiger partial charge >= 0.3 is 0 Å². The molecule has 0 unspecified atom stereocenters. The lowest BCUT2D eigenvalue weighted by atomic mass is 10.1. The fourth-order valence-corrected chi connectivity index (χ4v) is 2.75. The van der Waals surface area contributed by atoms with E-state index < -0.39 is 0 Å². The summed E-state index contributed by atoms with van der Waals surface area (Å²) < 4.78 is 0. The predicted octanol–water partition coefficient (Wildman–Crippen LogP) is 2.77. The molecule has 2 heterocycles. The summed E-state index contributed by atoms with van der Waals surface area (Å²) in [6.07, 6.45) is 1.94. The molecule has 118 valence electrons. The van der Waals surface area contributed by atoms with Crippen molar-refractivity contribution in [2.45, 2.75) is 39.8 Å². The third-order valence-corrected chi connectivity index (χ3v) is 4.10. The average molecular weight is 311 g/mol. The summed E-state index contributed by atoms with van der Waals surface area (Å²) in [5, 5.41) is 4.22. The van der Waals surface area contributed by atoms with E-state index in [0.717, 1.165) is 55.7 Å². The van der Waals surface area contributed by atoms with E-state index in [1.165, 1.54) is 0 Å². The number of nitrogens with one attached hydrogen (secondary N) is 1. The van der Waals surface area contributed by atoms with Gasteiger partial charge in [-0.3, -0.25) is 0 Å². The minimum absolute atomic E-state index is 0.0988. The van der Waals surface area contributed by atoms with E-state index >= 15 is 0 Å². The van der Waals surface area contributed by atoms with E-state index in [1.807, 2.05) is 12.3 Å². The Morgan fingerprint density at radius 2 is 1.90 bits per heavy atom. The lowest BCUT2D eigenvalue weighted by Gasteiger charge is -2.35. The van der Waals surface area contributed by atoms with Crippen molar-refractivity contribution in [3.05, 3.63) is 22.8 Å². The number of piperazine rings is 1. The number of hydrogen-bond acceptors (Lipinski definition) is 4. The number of nitrogens with zero attached hydrogens (tertiary/aromatic N) is 3. The van der Waals surface area contributed by atoms with Gasteiger partial charge in [0.2, 0.25) is 0 Å². The predicted molar refractivity (Wildman–Crippen MR) is 90.2 cm³/mol. The molecular weight excluding hydrogens is 284 g/mol. The third-order valence-electron chi connectivity index (χ3n) is 3.82. The van der Waals surface area contributed by atoms with Crippen molar-refractivity contribution >= 4 is 17.4 Å². The van der Waals surface area contributed by atoms with Crippen LogP contribution in [0.25, 0.3) is 0 Å². The van der Waals surface area contributed by atoms with E-state index in [-0.39, 0.29) is 5.54 Å². The van der Waals surface area contributed by atoms with Crippen LogP contribution in [0.4, 0.5) is 5.82 Å². The van der Waals surface area contributed by atoms with Crippen molar-refractivity contribution < 1.29 is 0 Å². The molecule has 1 saturated heterocycles. The van der Waals surface area contributed by atoms with E-state index in [4.69, 9.17) is 11.6 Å². The van der Waals surface area contributed by atoms with Crippen molar-refractivity contribution in [2.24, 2.45) is 0 Å². The maximum atomic E-state index is 6.44. The number of halogens is 1. The lowest BCUT2D eigenvalue weighted by molar-refractivity contribution is 0.270. The molecule has 21 heavy (non-hydrogen) atoms. The topological polar surface area (TPSA) is 31.4 Å². The highest BCUT2D eigenvalue weighted by Gasteiger charge is 2.19. The van der Waals surface area contributed by atoms with E-state index in [0.29, 0.717) is 0 Å². The van der Waals surface area contributed by atoms with Crippen LogP contribution in [0.2, 0.25) is 5.02 Å². The van der Waals surface area contributed by atoms with E-state index in [1.54, 1.807) is 0 Å². The first-order valence-corrected chi connectivity index (χ1v) is 8.13. The molecule has 0 aliphatic carbocycles. The Morgan fingerprint density at radius 1 is 1.24 bits per heavy atom. The second-order valence-corrected chi connectivity index (χ2v) is 7.08. The molecule has 1 N–H and O–H groups in total. The number of hydrogen-bond donors (Lipinski definition) is 1. The van der Waals surface area contributed by atoms with Gasteiger partial charge in [0.15, 0.2) is 0 Å². The molecule has 0 saturated carbocycles. The van der Waals surface area contributed by atoms with Gasteiger partial charge in [0.25, 0.3) is 0 Å². The van der Waals surface area contributed by atoms with Gasteiger partial charge in [-0.25, -0.2) is 4.98 Å². The third kappa shape index (κ3) is 4.83. The van der Waals surface area contributed by atoms with Crippen molar-refractivity contribution in [1.82, 2.24) is 15.2 Å². The number of aromatic nitrogens is 1. The largest absolute Gasteiger partial charge is 0.353 e.